The number of rotatable bonds is 4. The predicted molar refractivity (Wildman–Crippen MR) is 218 cm³/mol. The van der Waals surface area contributed by atoms with Crippen LogP contribution in [0.4, 0.5) is 0 Å². The zero-order valence-corrected chi connectivity index (χ0v) is 28.1. The molecule has 0 saturated heterocycles. The van der Waals surface area contributed by atoms with E-state index in [1.807, 2.05) is 24.3 Å². The second kappa shape index (κ2) is 11.3. The van der Waals surface area contributed by atoms with Crippen LogP contribution in [0.25, 0.3) is 110 Å². The van der Waals surface area contributed by atoms with Gasteiger partial charge < -0.3 is 8.83 Å². The van der Waals surface area contributed by atoms with Crippen molar-refractivity contribution in [2.75, 3.05) is 0 Å². The molecule has 9 aromatic carbocycles. The second-order valence-corrected chi connectivity index (χ2v) is 13.6. The first kappa shape index (κ1) is 28.9. The summed E-state index contributed by atoms with van der Waals surface area (Å²) in [6.45, 7) is 0. The van der Waals surface area contributed by atoms with Gasteiger partial charge >= 0.3 is 0 Å². The van der Waals surface area contributed by atoms with Crippen molar-refractivity contribution in [3.8, 4) is 44.5 Å². The van der Waals surface area contributed by atoms with E-state index >= 15 is 0 Å². The maximum Gasteiger partial charge on any atom is 0.143 e. The molecule has 0 atom stereocenters. The van der Waals surface area contributed by atoms with Crippen molar-refractivity contribution >= 4 is 65.4 Å². The van der Waals surface area contributed by atoms with Gasteiger partial charge in [0, 0.05) is 27.1 Å². The Bertz CT molecular complexity index is 3120. The van der Waals surface area contributed by atoms with Gasteiger partial charge in [0.15, 0.2) is 0 Å². The third-order valence-electron chi connectivity index (χ3n) is 10.7. The zero-order chi connectivity index (χ0) is 34.2. The van der Waals surface area contributed by atoms with Crippen LogP contribution < -0.4 is 0 Å². The molecule has 0 saturated carbocycles. The molecule has 2 aromatic heterocycles. The van der Waals surface area contributed by atoms with Crippen LogP contribution in [0.1, 0.15) is 0 Å². The molecule has 0 amide bonds. The lowest BCUT2D eigenvalue weighted by atomic mass is 9.85. The molecule has 0 fully saturated rings. The fourth-order valence-electron chi connectivity index (χ4n) is 8.30. The smallest absolute Gasteiger partial charge is 0.143 e. The largest absolute Gasteiger partial charge is 0.456 e. The molecule has 0 aliphatic heterocycles. The number of furan rings is 2. The monoisotopic (exact) mass is 662 g/mol. The molecule has 242 valence electrons. The highest BCUT2D eigenvalue weighted by Crippen LogP contribution is 2.45. The van der Waals surface area contributed by atoms with Crippen molar-refractivity contribution in [1.82, 2.24) is 0 Å². The van der Waals surface area contributed by atoms with E-state index in [0.717, 1.165) is 55.0 Å². The molecule has 0 bridgehead atoms. The van der Waals surface area contributed by atoms with Crippen LogP contribution in [-0.4, -0.2) is 0 Å². The van der Waals surface area contributed by atoms with Crippen molar-refractivity contribution in [2.24, 2.45) is 0 Å². The van der Waals surface area contributed by atoms with Crippen LogP contribution in [-0.2, 0) is 0 Å². The summed E-state index contributed by atoms with van der Waals surface area (Å²) >= 11 is 0. The summed E-state index contributed by atoms with van der Waals surface area (Å²) < 4.78 is 12.5. The Morgan fingerprint density at radius 2 is 0.731 bits per heavy atom. The quantitative estimate of drug-likeness (QED) is 0.175. The maximum absolute atomic E-state index is 6.45. The van der Waals surface area contributed by atoms with Gasteiger partial charge in [0.2, 0.25) is 0 Å². The molecule has 0 spiro atoms. The summed E-state index contributed by atoms with van der Waals surface area (Å²) in [4.78, 5) is 0. The van der Waals surface area contributed by atoms with E-state index in [4.69, 9.17) is 8.83 Å². The van der Waals surface area contributed by atoms with Crippen LogP contribution in [0.3, 0.4) is 0 Å². The van der Waals surface area contributed by atoms with E-state index in [1.54, 1.807) is 0 Å². The van der Waals surface area contributed by atoms with Crippen LogP contribution in [0.5, 0.6) is 0 Å². The van der Waals surface area contributed by atoms with Crippen molar-refractivity contribution in [3.63, 3.8) is 0 Å². The molecule has 2 nitrogen and oxygen atoms in total. The first-order valence-corrected chi connectivity index (χ1v) is 17.8. The van der Waals surface area contributed by atoms with Gasteiger partial charge in [0.05, 0.1) is 0 Å². The van der Waals surface area contributed by atoms with Gasteiger partial charge in [-0.1, -0.05) is 152 Å². The summed E-state index contributed by atoms with van der Waals surface area (Å²) in [6.07, 6.45) is 0. The van der Waals surface area contributed by atoms with Gasteiger partial charge in [-0.15, -0.1) is 0 Å². The minimum Gasteiger partial charge on any atom is -0.456 e. The first-order valence-electron chi connectivity index (χ1n) is 17.8. The lowest BCUT2D eigenvalue weighted by Gasteiger charge is -2.18. The number of fused-ring (bicyclic) bond motifs is 8. The molecule has 11 aromatic rings. The molecular formula is C50H30O2. The lowest BCUT2D eigenvalue weighted by Crippen LogP contribution is -1.91. The summed E-state index contributed by atoms with van der Waals surface area (Å²) in [5.74, 6) is 0. The summed E-state index contributed by atoms with van der Waals surface area (Å²) in [6, 6.07) is 65.2. The molecule has 52 heavy (non-hydrogen) atoms. The Morgan fingerprint density at radius 3 is 1.42 bits per heavy atom. The van der Waals surface area contributed by atoms with Gasteiger partial charge in [-0.3, -0.25) is 0 Å². The van der Waals surface area contributed by atoms with E-state index < -0.39 is 0 Å². The Hall–Kier alpha value is -6.90. The topological polar surface area (TPSA) is 26.3 Å². The van der Waals surface area contributed by atoms with Crippen molar-refractivity contribution in [2.45, 2.75) is 0 Å². The van der Waals surface area contributed by atoms with Crippen LogP contribution in [0.2, 0.25) is 0 Å². The fraction of sp³-hybridized carbons (Fsp3) is 0. The lowest BCUT2D eigenvalue weighted by molar-refractivity contribution is 0.669. The van der Waals surface area contributed by atoms with E-state index in [-0.39, 0.29) is 0 Å². The van der Waals surface area contributed by atoms with Crippen molar-refractivity contribution in [1.29, 1.82) is 0 Å². The molecule has 0 radical (unpaired) electrons. The highest BCUT2D eigenvalue weighted by Gasteiger charge is 2.18. The highest BCUT2D eigenvalue weighted by molar-refractivity contribution is 6.21. The first-order chi connectivity index (χ1) is 25.8. The van der Waals surface area contributed by atoms with Crippen LogP contribution in [0.15, 0.2) is 191 Å². The second-order valence-electron chi connectivity index (χ2n) is 13.6. The Labute approximate surface area is 299 Å². The Balaban J connectivity index is 1.06. The van der Waals surface area contributed by atoms with Crippen LogP contribution >= 0.6 is 0 Å². The van der Waals surface area contributed by atoms with E-state index in [0.29, 0.717) is 0 Å². The van der Waals surface area contributed by atoms with Crippen molar-refractivity contribution in [3.05, 3.63) is 182 Å². The normalized spacial score (nSPS) is 11.8. The number of para-hydroxylation sites is 3. The number of hydrogen-bond acceptors (Lipinski definition) is 2. The van der Waals surface area contributed by atoms with Gasteiger partial charge in [-0.25, -0.2) is 0 Å². The maximum atomic E-state index is 6.45. The average molecular weight is 663 g/mol. The molecule has 11 rings (SSSR count). The van der Waals surface area contributed by atoms with Gasteiger partial charge in [0.1, 0.15) is 22.3 Å². The molecule has 2 heteroatoms. The fourth-order valence-corrected chi connectivity index (χ4v) is 8.30. The highest BCUT2D eigenvalue weighted by atomic mass is 16.3. The summed E-state index contributed by atoms with van der Waals surface area (Å²) in [5.41, 5.74) is 13.1. The number of hydrogen-bond donors (Lipinski definition) is 0. The third kappa shape index (κ3) is 4.38. The van der Waals surface area contributed by atoms with E-state index in [9.17, 15) is 0 Å². The van der Waals surface area contributed by atoms with E-state index in [1.165, 1.54) is 54.9 Å². The summed E-state index contributed by atoms with van der Waals surface area (Å²) in [7, 11) is 0. The van der Waals surface area contributed by atoms with Crippen molar-refractivity contribution < 1.29 is 8.83 Å². The summed E-state index contributed by atoms with van der Waals surface area (Å²) in [5, 5.41) is 9.51. The van der Waals surface area contributed by atoms with Gasteiger partial charge in [-0.2, -0.15) is 0 Å². The number of benzene rings is 9. The zero-order valence-electron chi connectivity index (χ0n) is 28.1. The van der Waals surface area contributed by atoms with Crippen LogP contribution in [0, 0.1) is 0 Å². The standard InChI is InChI=1S/C50H30O2/c1-3-17-41-39(15-1)48(32-25-23-31(24-26-32)33-27-28-47-44(30-33)38-14-6-7-21-45(38)51-47)40-16-2-4-18-42(40)49(41)35-12-9-11-34(29-35)36-19-10-20-43-37-13-5-8-22-46(37)52-50(36)43/h1-30H. The van der Waals surface area contributed by atoms with Gasteiger partial charge in [-0.05, 0) is 90.8 Å². The molecule has 0 aliphatic rings. The Kier molecular flexibility index (Phi) is 6.28. The molecule has 0 aliphatic carbocycles. The van der Waals surface area contributed by atoms with E-state index in [2.05, 4.69) is 158 Å². The minimum absolute atomic E-state index is 0.911. The SMILES string of the molecule is c1cc(-c2c3ccccc3c(-c3ccc(-c4ccc5oc6ccccc6c5c4)cc3)c3ccccc23)cc(-c2cccc3c2oc2ccccc23)c1. The minimum atomic E-state index is 0.911. The predicted octanol–water partition coefficient (Wildman–Crippen LogP) is 14.5. The Morgan fingerprint density at radius 1 is 0.250 bits per heavy atom. The molecular weight excluding hydrogens is 633 g/mol. The van der Waals surface area contributed by atoms with Gasteiger partial charge in [0.25, 0.3) is 0 Å². The molecule has 0 N–H and O–H groups in total. The average Bonchev–Trinajstić information content (AvgIpc) is 3.78. The third-order valence-corrected chi connectivity index (χ3v) is 10.7. The molecule has 2 heterocycles. The molecule has 0 unspecified atom stereocenters.